The van der Waals surface area contributed by atoms with Crippen molar-refractivity contribution in [3.63, 3.8) is 0 Å². The van der Waals surface area contributed by atoms with Crippen LogP contribution >= 0.6 is 0 Å². The molecule has 0 aliphatic heterocycles. The number of amides is 1. The summed E-state index contributed by atoms with van der Waals surface area (Å²) < 4.78 is 31.8. The molecule has 0 bridgehead atoms. The molecule has 168 valence electrons. The Morgan fingerprint density at radius 1 is 0.969 bits per heavy atom. The number of carbonyl (C=O) groups excluding carboxylic acids is 1. The van der Waals surface area contributed by atoms with Crippen LogP contribution in [0.25, 0.3) is 0 Å². The zero-order valence-electron chi connectivity index (χ0n) is 18.8. The van der Waals surface area contributed by atoms with Gasteiger partial charge in [0, 0.05) is 5.56 Å². The van der Waals surface area contributed by atoms with Gasteiger partial charge in [0.2, 0.25) is 10.0 Å². The van der Waals surface area contributed by atoms with Crippen molar-refractivity contribution in [1.29, 1.82) is 0 Å². The second kappa shape index (κ2) is 9.87. The topological polar surface area (TPSA) is 75.7 Å². The molecule has 0 atom stereocenters. The van der Waals surface area contributed by atoms with Crippen LogP contribution < -0.4 is 14.4 Å². The van der Waals surface area contributed by atoms with Gasteiger partial charge in [-0.05, 0) is 73.9 Å². The number of carbonyl (C=O) groups is 1. The highest BCUT2D eigenvalue weighted by atomic mass is 32.2. The number of hydrogen-bond acceptors (Lipinski definition) is 4. The van der Waals surface area contributed by atoms with E-state index in [4.69, 9.17) is 4.74 Å². The van der Waals surface area contributed by atoms with Crippen molar-refractivity contribution in [3.05, 3.63) is 89.0 Å². The number of para-hydroxylation sites is 2. The highest BCUT2D eigenvalue weighted by Gasteiger charge is 2.19. The fraction of sp³-hybridized carbons (Fsp3) is 0.240. The molecule has 3 aromatic carbocycles. The molecule has 7 heteroatoms. The fourth-order valence-corrected chi connectivity index (χ4v) is 4.13. The third-order valence-electron chi connectivity index (χ3n) is 5.16. The number of ether oxygens (including phenoxy) is 1. The Kier molecular flexibility index (Phi) is 7.20. The van der Waals surface area contributed by atoms with Crippen molar-refractivity contribution in [2.75, 3.05) is 22.5 Å². The zero-order chi connectivity index (χ0) is 23.3. The van der Waals surface area contributed by atoms with Gasteiger partial charge in [-0.3, -0.25) is 9.10 Å². The number of anilines is 2. The molecule has 0 radical (unpaired) electrons. The smallest absolute Gasteiger partial charge is 0.255 e. The third kappa shape index (κ3) is 5.68. The molecule has 3 rings (SSSR count). The van der Waals surface area contributed by atoms with Crippen LogP contribution in [-0.2, 0) is 16.6 Å². The zero-order valence-corrected chi connectivity index (χ0v) is 19.6. The number of aryl methyl sites for hydroxylation is 2. The lowest BCUT2D eigenvalue weighted by molar-refractivity contribution is 0.102. The van der Waals surface area contributed by atoms with Gasteiger partial charge in [-0.15, -0.1) is 0 Å². The fourth-order valence-electron chi connectivity index (χ4n) is 3.25. The van der Waals surface area contributed by atoms with Crippen molar-refractivity contribution < 1.29 is 17.9 Å². The van der Waals surface area contributed by atoms with Crippen LogP contribution in [-0.4, -0.2) is 27.2 Å². The van der Waals surface area contributed by atoms with Gasteiger partial charge in [0.05, 0.1) is 30.8 Å². The van der Waals surface area contributed by atoms with Crippen LogP contribution in [0.5, 0.6) is 5.75 Å². The normalized spacial score (nSPS) is 11.1. The molecule has 6 nitrogen and oxygen atoms in total. The minimum Gasteiger partial charge on any atom is -0.492 e. The van der Waals surface area contributed by atoms with E-state index >= 15 is 0 Å². The van der Waals surface area contributed by atoms with E-state index in [0.717, 1.165) is 16.7 Å². The lowest BCUT2D eigenvalue weighted by Crippen LogP contribution is -2.29. The van der Waals surface area contributed by atoms with Gasteiger partial charge >= 0.3 is 0 Å². The summed E-state index contributed by atoms with van der Waals surface area (Å²) in [6.45, 7) is 6.50. The first-order valence-corrected chi connectivity index (χ1v) is 12.2. The Morgan fingerprint density at radius 3 is 2.28 bits per heavy atom. The Bertz CT molecular complexity index is 1200. The molecule has 1 amide bonds. The second-order valence-electron chi connectivity index (χ2n) is 7.62. The summed E-state index contributed by atoms with van der Waals surface area (Å²) >= 11 is 0. The van der Waals surface area contributed by atoms with E-state index in [2.05, 4.69) is 5.32 Å². The minimum absolute atomic E-state index is 0.177. The van der Waals surface area contributed by atoms with Crippen LogP contribution in [0.1, 0.15) is 34.0 Å². The molecule has 0 aromatic heterocycles. The Morgan fingerprint density at radius 2 is 1.66 bits per heavy atom. The van der Waals surface area contributed by atoms with E-state index in [1.165, 1.54) is 10.6 Å². The number of sulfonamides is 1. The number of nitrogens with one attached hydrogen (secondary N) is 1. The Labute approximate surface area is 189 Å². The van der Waals surface area contributed by atoms with Gasteiger partial charge < -0.3 is 10.1 Å². The van der Waals surface area contributed by atoms with E-state index in [0.29, 0.717) is 29.3 Å². The number of benzene rings is 3. The van der Waals surface area contributed by atoms with Gasteiger partial charge in [0.1, 0.15) is 5.75 Å². The number of rotatable bonds is 8. The molecule has 0 aliphatic rings. The molecule has 0 heterocycles. The van der Waals surface area contributed by atoms with E-state index in [1.54, 1.807) is 42.5 Å². The first-order valence-electron chi connectivity index (χ1n) is 10.4. The van der Waals surface area contributed by atoms with Crippen LogP contribution in [0.15, 0.2) is 66.7 Å². The molecule has 3 aromatic rings. The summed E-state index contributed by atoms with van der Waals surface area (Å²) in [5, 5.41) is 2.86. The highest BCUT2D eigenvalue weighted by molar-refractivity contribution is 7.92. The Hall–Kier alpha value is -3.32. The van der Waals surface area contributed by atoms with Gasteiger partial charge in [0.15, 0.2) is 0 Å². The van der Waals surface area contributed by atoms with Gasteiger partial charge in [-0.1, -0.05) is 30.3 Å². The molecule has 0 spiro atoms. The SMILES string of the molecule is CCOc1ccccc1NC(=O)c1ccc(CN(c2ccc(C)c(C)c2)S(C)(=O)=O)cc1. The largest absolute Gasteiger partial charge is 0.492 e. The van der Waals surface area contributed by atoms with Crippen LogP contribution in [0.3, 0.4) is 0 Å². The molecule has 0 aliphatic carbocycles. The molecular formula is C25H28N2O4S. The first kappa shape index (κ1) is 23.3. The predicted molar refractivity (Wildman–Crippen MR) is 129 cm³/mol. The van der Waals surface area contributed by atoms with Gasteiger partial charge in [-0.2, -0.15) is 0 Å². The molecule has 0 fully saturated rings. The van der Waals surface area contributed by atoms with Crippen LogP contribution in [0.4, 0.5) is 11.4 Å². The maximum absolute atomic E-state index is 12.7. The second-order valence-corrected chi connectivity index (χ2v) is 9.53. The monoisotopic (exact) mass is 452 g/mol. The third-order valence-corrected chi connectivity index (χ3v) is 6.30. The van der Waals surface area contributed by atoms with Gasteiger partial charge in [0.25, 0.3) is 5.91 Å². The first-order chi connectivity index (χ1) is 15.2. The standard InChI is InChI=1S/C25H28N2O4S/c1-5-31-24-9-7-6-8-23(24)26-25(28)21-13-11-20(12-14-21)17-27(32(4,29)30)22-15-10-18(2)19(3)16-22/h6-16H,5,17H2,1-4H3,(H,26,28). The van der Waals surface area contributed by atoms with Gasteiger partial charge in [-0.25, -0.2) is 8.42 Å². The minimum atomic E-state index is -3.48. The maximum Gasteiger partial charge on any atom is 0.255 e. The average molecular weight is 453 g/mol. The van der Waals surface area contributed by atoms with Crippen molar-refractivity contribution in [2.45, 2.75) is 27.3 Å². The Balaban J connectivity index is 1.78. The summed E-state index contributed by atoms with van der Waals surface area (Å²) in [7, 11) is -3.48. The summed E-state index contributed by atoms with van der Waals surface area (Å²) in [6, 6.07) is 19.8. The van der Waals surface area contributed by atoms with Crippen LogP contribution in [0.2, 0.25) is 0 Å². The van der Waals surface area contributed by atoms with E-state index < -0.39 is 10.0 Å². The summed E-state index contributed by atoms with van der Waals surface area (Å²) in [4.78, 5) is 12.7. The summed E-state index contributed by atoms with van der Waals surface area (Å²) in [6.07, 6.45) is 1.19. The quantitative estimate of drug-likeness (QED) is 0.526. The average Bonchev–Trinajstić information content (AvgIpc) is 2.75. The molecule has 0 saturated heterocycles. The molecule has 1 N–H and O–H groups in total. The lowest BCUT2D eigenvalue weighted by atomic mass is 10.1. The van der Waals surface area contributed by atoms with Crippen LogP contribution in [0, 0.1) is 13.8 Å². The summed E-state index contributed by atoms with van der Waals surface area (Å²) in [5.74, 6) is 0.343. The summed E-state index contributed by atoms with van der Waals surface area (Å²) in [5.41, 5.74) is 4.59. The van der Waals surface area contributed by atoms with Crippen molar-refractivity contribution in [3.8, 4) is 5.75 Å². The van der Waals surface area contributed by atoms with Crippen molar-refractivity contribution >= 4 is 27.3 Å². The number of hydrogen-bond donors (Lipinski definition) is 1. The highest BCUT2D eigenvalue weighted by Crippen LogP contribution is 2.25. The maximum atomic E-state index is 12.7. The molecular weight excluding hydrogens is 424 g/mol. The van der Waals surface area contributed by atoms with Crippen molar-refractivity contribution in [2.24, 2.45) is 0 Å². The van der Waals surface area contributed by atoms with Crippen molar-refractivity contribution in [1.82, 2.24) is 0 Å². The van der Waals surface area contributed by atoms with E-state index in [1.807, 2.05) is 45.0 Å². The predicted octanol–water partition coefficient (Wildman–Crippen LogP) is 4.92. The molecule has 0 saturated carbocycles. The molecule has 0 unspecified atom stereocenters. The van der Waals surface area contributed by atoms with E-state index in [-0.39, 0.29) is 12.5 Å². The lowest BCUT2D eigenvalue weighted by Gasteiger charge is -2.23. The van der Waals surface area contributed by atoms with E-state index in [9.17, 15) is 13.2 Å². The molecule has 32 heavy (non-hydrogen) atoms. The number of nitrogens with zero attached hydrogens (tertiary/aromatic N) is 1.